The second-order valence-corrected chi connectivity index (χ2v) is 5.89. The van der Waals surface area contributed by atoms with Gasteiger partial charge in [0.15, 0.2) is 0 Å². The standard InChI is InChI=1S/C17H22N4O/c1-3-13-7-8-18-15(11-13)17(22)21-9-5-4-6-16(21)14-10-12(2)19-20-14/h7-8,10-11,16H,3-6,9H2,1-2H3,(H,19,20). The molecular weight excluding hydrogens is 276 g/mol. The number of nitrogens with zero attached hydrogens (tertiary/aromatic N) is 3. The number of piperidine rings is 1. The number of carbonyl (C=O) groups excluding carboxylic acids is 1. The van der Waals surface area contributed by atoms with Crippen molar-refractivity contribution in [1.82, 2.24) is 20.1 Å². The van der Waals surface area contributed by atoms with Gasteiger partial charge in [0.05, 0.1) is 11.7 Å². The van der Waals surface area contributed by atoms with E-state index in [1.807, 2.05) is 30.0 Å². The Balaban J connectivity index is 1.88. The number of hydrogen-bond donors (Lipinski definition) is 1. The highest BCUT2D eigenvalue weighted by Gasteiger charge is 2.30. The van der Waals surface area contributed by atoms with Gasteiger partial charge in [-0.1, -0.05) is 6.92 Å². The summed E-state index contributed by atoms with van der Waals surface area (Å²) < 4.78 is 0. The van der Waals surface area contributed by atoms with E-state index in [0.29, 0.717) is 5.69 Å². The van der Waals surface area contributed by atoms with Crippen LogP contribution in [-0.2, 0) is 6.42 Å². The molecule has 0 spiro atoms. The lowest BCUT2D eigenvalue weighted by Crippen LogP contribution is -2.39. The third kappa shape index (κ3) is 2.89. The van der Waals surface area contributed by atoms with Gasteiger partial charge < -0.3 is 4.90 Å². The Morgan fingerprint density at radius 3 is 3.00 bits per heavy atom. The molecule has 0 aromatic carbocycles. The second-order valence-electron chi connectivity index (χ2n) is 5.89. The molecule has 1 atom stereocenters. The Morgan fingerprint density at radius 1 is 1.41 bits per heavy atom. The fourth-order valence-electron chi connectivity index (χ4n) is 3.05. The third-order valence-corrected chi connectivity index (χ3v) is 4.28. The summed E-state index contributed by atoms with van der Waals surface area (Å²) in [6.07, 6.45) is 5.76. The highest BCUT2D eigenvalue weighted by Crippen LogP contribution is 2.31. The molecule has 1 fully saturated rings. The topological polar surface area (TPSA) is 61.9 Å². The van der Waals surface area contributed by atoms with E-state index in [0.717, 1.165) is 49.2 Å². The Kier molecular flexibility index (Phi) is 4.22. The molecule has 2 aromatic heterocycles. The molecule has 0 aliphatic carbocycles. The van der Waals surface area contributed by atoms with Crippen LogP contribution in [0, 0.1) is 6.92 Å². The number of carbonyl (C=O) groups is 1. The van der Waals surface area contributed by atoms with Crippen LogP contribution in [0.1, 0.15) is 59.7 Å². The maximum absolute atomic E-state index is 12.9. The van der Waals surface area contributed by atoms with Gasteiger partial charge in [-0.3, -0.25) is 14.9 Å². The highest BCUT2D eigenvalue weighted by atomic mass is 16.2. The molecular formula is C17H22N4O. The molecule has 116 valence electrons. The first-order valence-corrected chi connectivity index (χ1v) is 7.97. The summed E-state index contributed by atoms with van der Waals surface area (Å²) >= 11 is 0. The van der Waals surface area contributed by atoms with Crippen LogP contribution in [0.3, 0.4) is 0 Å². The molecule has 5 nitrogen and oxygen atoms in total. The predicted octanol–water partition coefficient (Wildman–Crippen LogP) is 3.04. The van der Waals surface area contributed by atoms with Crippen LogP contribution in [0.5, 0.6) is 0 Å². The first-order valence-electron chi connectivity index (χ1n) is 7.97. The maximum atomic E-state index is 12.9. The summed E-state index contributed by atoms with van der Waals surface area (Å²) in [6, 6.07) is 5.95. The fourth-order valence-corrected chi connectivity index (χ4v) is 3.05. The largest absolute Gasteiger partial charge is 0.329 e. The summed E-state index contributed by atoms with van der Waals surface area (Å²) in [4.78, 5) is 19.1. The Labute approximate surface area is 130 Å². The predicted molar refractivity (Wildman–Crippen MR) is 84.6 cm³/mol. The molecule has 5 heteroatoms. The van der Waals surface area contributed by atoms with Crippen molar-refractivity contribution in [3.8, 4) is 0 Å². The molecule has 0 radical (unpaired) electrons. The lowest BCUT2D eigenvalue weighted by molar-refractivity contribution is 0.0600. The average molecular weight is 298 g/mol. The molecule has 1 saturated heterocycles. The van der Waals surface area contributed by atoms with Gasteiger partial charge in [0.1, 0.15) is 5.69 Å². The SMILES string of the molecule is CCc1ccnc(C(=O)N2CCCCC2c2cc(C)[nH]n2)c1. The van der Waals surface area contributed by atoms with Gasteiger partial charge in [-0.05, 0) is 56.4 Å². The average Bonchev–Trinajstić information content (AvgIpc) is 3.00. The molecule has 1 unspecified atom stereocenters. The monoisotopic (exact) mass is 298 g/mol. The van der Waals surface area contributed by atoms with E-state index >= 15 is 0 Å². The number of rotatable bonds is 3. The van der Waals surface area contributed by atoms with Gasteiger partial charge in [0.25, 0.3) is 5.91 Å². The van der Waals surface area contributed by atoms with Crippen LogP contribution in [0.4, 0.5) is 0 Å². The third-order valence-electron chi connectivity index (χ3n) is 4.28. The number of nitrogens with one attached hydrogen (secondary N) is 1. The minimum absolute atomic E-state index is 0.0145. The Hall–Kier alpha value is -2.17. The molecule has 0 bridgehead atoms. The van der Waals surface area contributed by atoms with Crippen molar-refractivity contribution in [2.75, 3.05) is 6.54 Å². The molecule has 22 heavy (non-hydrogen) atoms. The molecule has 1 aliphatic rings. The molecule has 1 amide bonds. The summed E-state index contributed by atoms with van der Waals surface area (Å²) in [7, 11) is 0. The number of likely N-dealkylation sites (tertiary alicyclic amines) is 1. The van der Waals surface area contributed by atoms with E-state index in [1.165, 1.54) is 0 Å². The van der Waals surface area contributed by atoms with Crippen LogP contribution < -0.4 is 0 Å². The molecule has 3 heterocycles. The number of H-pyrrole nitrogens is 1. The van der Waals surface area contributed by atoms with Crippen LogP contribution in [0.2, 0.25) is 0 Å². The molecule has 1 aliphatic heterocycles. The normalized spacial score (nSPS) is 18.5. The fraction of sp³-hybridized carbons (Fsp3) is 0.471. The number of aryl methyl sites for hydroxylation is 2. The number of pyridine rings is 1. The van der Waals surface area contributed by atoms with E-state index in [-0.39, 0.29) is 11.9 Å². The second kappa shape index (κ2) is 6.30. The summed E-state index contributed by atoms with van der Waals surface area (Å²) in [5.41, 5.74) is 3.66. The van der Waals surface area contributed by atoms with E-state index in [4.69, 9.17) is 0 Å². The van der Waals surface area contributed by atoms with Gasteiger partial charge >= 0.3 is 0 Å². The summed E-state index contributed by atoms with van der Waals surface area (Å²) in [5, 5.41) is 7.34. The van der Waals surface area contributed by atoms with Crippen molar-refractivity contribution in [3.05, 3.63) is 47.0 Å². The number of hydrogen-bond acceptors (Lipinski definition) is 3. The first kappa shape index (κ1) is 14.8. The van der Waals surface area contributed by atoms with Crippen molar-refractivity contribution >= 4 is 5.91 Å². The van der Waals surface area contributed by atoms with E-state index in [9.17, 15) is 4.79 Å². The van der Waals surface area contributed by atoms with Gasteiger partial charge in [-0.2, -0.15) is 5.10 Å². The highest BCUT2D eigenvalue weighted by molar-refractivity contribution is 5.92. The van der Waals surface area contributed by atoms with Crippen molar-refractivity contribution in [2.24, 2.45) is 0 Å². The minimum atomic E-state index is 0.0145. The van der Waals surface area contributed by atoms with Crippen molar-refractivity contribution in [2.45, 2.75) is 45.6 Å². The number of aromatic nitrogens is 3. The Morgan fingerprint density at radius 2 is 2.27 bits per heavy atom. The quantitative estimate of drug-likeness (QED) is 0.947. The smallest absolute Gasteiger partial charge is 0.273 e. The van der Waals surface area contributed by atoms with Gasteiger partial charge in [0, 0.05) is 18.4 Å². The van der Waals surface area contributed by atoms with Crippen LogP contribution in [-0.4, -0.2) is 32.5 Å². The van der Waals surface area contributed by atoms with Crippen molar-refractivity contribution in [3.63, 3.8) is 0 Å². The van der Waals surface area contributed by atoms with Crippen molar-refractivity contribution < 1.29 is 4.79 Å². The number of amides is 1. The zero-order chi connectivity index (χ0) is 15.5. The van der Waals surface area contributed by atoms with E-state index in [1.54, 1.807) is 6.20 Å². The zero-order valence-corrected chi connectivity index (χ0v) is 13.2. The minimum Gasteiger partial charge on any atom is -0.329 e. The Bertz CT molecular complexity index is 664. The first-order chi connectivity index (χ1) is 10.7. The van der Waals surface area contributed by atoms with Gasteiger partial charge in [0.2, 0.25) is 0 Å². The molecule has 3 rings (SSSR count). The molecule has 1 N–H and O–H groups in total. The van der Waals surface area contributed by atoms with E-state index < -0.39 is 0 Å². The summed E-state index contributed by atoms with van der Waals surface area (Å²) in [5.74, 6) is 0.0145. The van der Waals surface area contributed by atoms with Crippen LogP contribution in [0.25, 0.3) is 0 Å². The molecule has 2 aromatic rings. The molecule has 0 saturated carbocycles. The van der Waals surface area contributed by atoms with Crippen LogP contribution in [0.15, 0.2) is 24.4 Å². The van der Waals surface area contributed by atoms with Crippen LogP contribution >= 0.6 is 0 Å². The zero-order valence-electron chi connectivity index (χ0n) is 13.2. The lowest BCUT2D eigenvalue weighted by Gasteiger charge is -2.34. The lowest BCUT2D eigenvalue weighted by atomic mass is 9.98. The van der Waals surface area contributed by atoms with Gasteiger partial charge in [-0.25, -0.2) is 0 Å². The van der Waals surface area contributed by atoms with E-state index in [2.05, 4.69) is 22.1 Å². The number of aromatic amines is 1. The van der Waals surface area contributed by atoms with Crippen molar-refractivity contribution in [1.29, 1.82) is 0 Å². The summed E-state index contributed by atoms with van der Waals surface area (Å²) in [6.45, 7) is 4.84. The maximum Gasteiger partial charge on any atom is 0.273 e. The van der Waals surface area contributed by atoms with Gasteiger partial charge in [-0.15, -0.1) is 0 Å².